The van der Waals surface area contributed by atoms with Crippen LogP contribution in [0.1, 0.15) is 10.4 Å². The number of hydrogen-bond donors (Lipinski definition) is 2. The number of nitrogens with one attached hydrogen (secondary N) is 2. The maximum atomic E-state index is 11.9. The first-order chi connectivity index (χ1) is 7.77. The van der Waals surface area contributed by atoms with Crippen molar-refractivity contribution in [1.29, 1.82) is 0 Å². The maximum absolute atomic E-state index is 11.9. The Kier molecular flexibility index (Phi) is 2.37. The Balaban J connectivity index is 1.68. The minimum absolute atomic E-state index is 0.0509. The molecule has 1 aromatic carbocycles. The number of carbonyl (C=O) groups excluding carboxylic acids is 1. The summed E-state index contributed by atoms with van der Waals surface area (Å²) >= 11 is 5.97. The number of piperidine rings is 1. The summed E-state index contributed by atoms with van der Waals surface area (Å²) in [5, 5.41) is 6.87. The fourth-order valence-electron chi connectivity index (χ4n) is 2.51. The van der Waals surface area contributed by atoms with Crippen LogP contribution in [0.4, 0.5) is 0 Å². The number of carbonyl (C=O) groups is 1. The summed E-state index contributed by atoms with van der Waals surface area (Å²) in [6.45, 7) is 2.05. The zero-order valence-corrected chi connectivity index (χ0v) is 9.50. The largest absolute Gasteiger partial charge is 0.349 e. The molecular weight excluding hydrogens is 224 g/mol. The van der Waals surface area contributed by atoms with Gasteiger partial charge in [-0.25, -0.2) is 0 Å². The second-order valence-electron chi connectivity index (χ2n) is 4.47. The van der Waals surface area contributed by atoms with Gasteiger partial charge in [-0.1, -0.05) is 23.7 Å². The monoisotopic (exact) mass is 236 g/mol. The van der Waals surface area contributed by atoms with E-state index in [1.807, 2.05) is 12.1 Å². The smallest absolute Gasteiger partial charge is 0.253 e. The zero-order chi connectivity index (χ0) is 11.1. The molecule has 1 saturated carbocycles. The third-order valence-corrected chi connectivity index (χ3v) is 3.84. The van der Waals surface area contributed by atoms with Crippen molar-refractivity contribution in [3.05, 3.63) is 34.9 Å². The number of fused-ring (bicyclic) bond motifs is 1. The molecule has 2 atom stereocenters. The molecule has 0 aromatic heterocycles. The van der Waals surface area contributed by atoms with Crippen LogP contribution >= 0.6 is 11.6 Å². The average Bonchev–Trinajstić information content (AvgIpc) is 2.75. The molecule has 2 fully saturated rings. The van der Waals surface area contributed by atoms with Crippen molar-refractivity contribution in [3.63, 3.8) is 0 Å². The molecule has 1 heterocycles. The molecule has 0 bridgehead atoms. The van der Waals surface area contributed by atoms with Crippen molar-refractivity contribution in [2.24, 2.45) is 11.8 Å². The van der Waals surface area contributed by atoms with Gasteiger partial charge in [-0.3, -0.25) is 4.79 Å². The van der Waals surface area contributed by atoms with Gasteiger partial charge in [-0.05, 0) is 24.0 Å². The molecule has 3 rings (SSSR count). The standard InChI is InChI=1S/C12H13ClN2O/c13-10-4-2-1-3-7(10)12(16)15-11-8-5-14-6-9(8)11/h1-4,8-9,11,14H,5-6H2,(H,15,16). The van der Waals surface area contributed by atoms with Crippen LogP contribution in [0.3, 0.4) is 0 Å². The first-order valence-corrected chi connectivity index (χ1v) is 5.91. The molecule has 16 heavy (non-hydrogen) atoms. The molecule has 1 aliphatic heterocycles. The van der Waals surface area contributed by atoms with Gasteiger partial charge in [0.05, 0.1) is 10.6 Å². The van der Waals surface area contributed by atoms with Gasteiger partial charge in [0.1, 0.15) is 0 Å². The lowest BCUT2D eigenvalue weighted by Crippen LogP contribution is -2.32. The number of halogens is 1. The molecule has 3 nitrogen and oxygen atoms in total. The zero-order valence-electron chi connectivity index (χ0n) is 8.74. The summed E-state index contributed by atoms with van der Waals surface area (Å²) < 4.78 is 0. The summed E-state index contributed by atoms with van der Waals surface area (Å²) in [6.07, 6.45) is 0. The second-order valence-corrected chi connectivity index (χ2v) is 4.87. The van der Waals surface area contributed by atoms with Crippen LogP contribution < -0.4 is 10.6 Å². The Hall–Kier alpha value is -1.06. The van der Waals surface area contributed by atoms with Gasteiger partial charge < -0.3 is 10.6 Å². The third kappa shape index (κ3) is 1.60. The van der Waals surface area contributed by atoms with E-state index in [4.69, 9.17) is 11.6 Å². The summed E-state index contributed by atoms with van der Waals surface area (Å²) in [6, 6.07) is 7.51. The van der Waals surface area contributed by atoms with Gasteiger partial charge >= 0.3 is 0 Å². The average molecular weight is 237 g/mol. The van der Waals surface area contributed by atoms with Crippen LogP contribution in [0, 0.1) is 11.8 Å². The van der Waals surface area contributed by atoms with Crippen molar-refractivity contribution < 1.29 is 4.79 Å². The first-order valence-electron chi connectivity index (χ1n) is 5.53. The topological polar surface area (TPSA) is 41.1 Å². The molecule has 2 N–H and O–H groups in total. The molecule has 0 radical (unpaired) electrons. The highest BCUT2D eigenvalue weighted by molar-refractivity contribution is 6.33. The summed E-state index contributed by atoms with van der Waals surface area (Å²) in [5.74, 6) is 1.21. The van der Waals surface area contributed by atoms with E-state index in [-0.39, 0.29) is 5.91 Å². The van der Waals surface area contributed by atoms with E-state index >= 15 is 0 Å². The molecule has 1 saturated heterocycles. The van der Waals surface area contributed by atoms with Crippen LogP contribution in [-0.2, 0) is 0 Å². The molecule has 2 unspecified atom stereocenters. The summed E-state index contributed by atoms with van der Waals surface area (Å²) in [4.78, 5) is 11.9. The Labute approximate surface area is 99.2 Å². The fourth-order valence-corrected chi connectivity index (χ4v) is 2.73. The third-order valence-electron chi connectivity index (χ3n) is 3.51. The van der Waals surface area contributed by atoms with Crippen LogP contribution in [0.2, 0.25) is 5.02 Å². The lowest BCUT2D eigenvalue weighted by Gasteiger charge is -2.08. The predicted octanol–water partition coefficient (Wildman–Crippen LogP) is 1.29. The minimum Gasteiger partial charge on any atom is -0.349 e. The molecule has 0 spiro atoms. The quantitative estimate of drug-likeness (QED) is 0.813. The van der Waals surface area contributed by atoms with E-state index in [0.29, 0.717) is 28.5 Å². The normalized spacial score (nSPS) is 30.9. The van der Waals surface area contributed by atoms with Crippen LogP contribution in [0.25, 0.3) is 0 Å². The van der Waals surface area contributed by atoms with Gasteiger partial charge in [-0.2, -0.15) is 0 Å². The summed E-state index contributed by atoms with van der Waals surface area (Å²) in [7, 11) is 0. The first kappa shape index (κ1) is 10.1. The van der Waals surface area contributed by atoms with E-state index in [1.165, 1.54) is 0 Å². The number of hydrogen-bond acceptors (Lipinski definition) is 2. The molecule has 1 aromatic rings. The van der Waals surface area contributed by atoms with Crippen LogP contribution in [0.15, 0.2) is 24.3 Å². The van der Waals surface area contributed by atoms with Gasteiger partial charge in [0, 0.05) is 19.1 Å². The van der Waals surface area contributed by atoms with Crippen molar-refractivity contribution in [2.45, 2.75) is 6.04 Å². The molecule has 4 heteroatoms. The van der Waals surface area contributed by atoms with E-state index in [0.717, 1.165) is 13.1 Å². The lowest BCUT2D eigenvalue weighted by molar-refractivity contribution is 0.0947. The molecule has 2 aliphatic rings. The van der Waals surface area contributed by atoms with Gasteiger partial charge in [-0.15, -0.1) is 0 Å². The van der Waals surface area contributed by atoms with Crippen LogP contribution in [-0.4, -0.2) is 25.0 Å². The Morgan fingerprint density at radius 1 is 1.31 bits per heavy atom. The highest BCUT2D eigenvalue weighted by Crippen LogP contribution is 2.41. The minimum atomic E-state index is -0.0509. The SMILES string of the molecule is O=C(NC1C2CNCC21)c1ccccc1Cl. The van der Waals surface area contributed by atoms with E-state index in [9.17, 15) is 4.79 Å². The maximum Gasteiger partial charge on any atom is 0.253 e. The van der Waals surface area contributed by atoms with Crippen molar-refractivity contribution in [2.75, 3.05) is 13.1 Å². The lowest BCUT2D eigenvalue weighted by atomic mass is 10.2. The number of rotatable bonds is 2. The van der Waals surface area contributed by atoms with Crippen molar-refractivity contribution in [3.8, 4) is 0 Å². The Bertz CT molecular complexity index is 425. The molecule has 1 amide bonds. The predicted molar refractivity (Wildman–Crippen MR) is 62.6 cm³/mol. The van der Waals surface area contributed by atoms with Crippen molar-refractivity contribution in [1.82, 2.24) is 10.6 Å². The second kappa shape index (κ2) is 3.75. The summed E-state index contributed by atoms with van der Waals surface area (Å²) in [5.41, 5.74) is 0.571. The highest BCUT2D eigenvalue weighted by Gasteiger charge is 2.53. The Morgan fingerprint density at radius 3 is 2.69 bits per heavy atom. The number of benzene rings is 1. The van der Waals surface area contributed by atoms with Gasteiger partial charge in [0.2, 0.25) is 0 Å². The molecule has 84 valence electrons. The van der Waals surface area contributed by atoms with Gasteiger partial charge in [0.25, 0.3) is 5.91 Å². The van der Waals surface area contributed by atoms with E-state index < -0.39 is 0 Å². The number of amides is 1. The van der Waals surface area contributed by atoms with E-state index in [1.54, 1.807) is 12.1 Å². The molecular formula is C12H13ClN2O. The molecule has 1 aliphatic carbocycles. The fraction of sp³-hybridized carbons (Fsp3) is 0.417. The highest BCUT2D eigenvalue weighted by atomic mass is 35.5. The van der Waals surface area contributed by atoms with Crippen LogP contribution in [0.5, 0.6) is 0 Å². The van der Waals surface area contributed by atoms with Crippen molar-refractivity contribution >= 4 is 17.5 Å². The van der Waals surface area contributed by atoms with Gasteiger partial charge in [0.15, 0.2) is 0 Å². The van der Waals surface area contributed by atoms with E-state index in [2.05, 4.69) is 10.6 Å². The Morgan fingerprint density at radius 2 is 2.00 bits per heavy atom.